The molecule has 0 amide bonds. The highest BCUT2D eigenvalue weighted by atomic mass is 19.3. The van der Waals surface area contributed by atoms with Crippen molar-refractivity contribution < 1.29 is 23.0 Å². The Kier molecular flexibility index (Phi) is 6.62. The molecule has 1 aromatic heterocycles. The van der Waals surface area contributed by atoms with E-state index in [2.05, 4.69) is 15.2 Å². The molecule has 0 bridgehead atoms. The summed E-state index contributed by atoms with van der Waals surface area (Å²) in [7, 11) is 1.61. The van der Waals surface area contributed by atoms with Crippen LogP contribution in [0.25, 0.3) is 10.9 Å². The van der Waals surface area contributed by atoms with Gasteiger partial charge in [-0.3, -0.25) is 4.98 Å². The normalized spacial score (nSPS) is 16.7. The number of hydrogen-bond acceptors (Lipinski definition) is 5. The number of ether oxygens (including phenoxy) is 1. The minimum absolute atomic E-state index is 0.174. The number of halogens is 3. The number of aryl methyl sites for hydroxylation is 1. The van der Waals surface area contributed by atoms with Gasteiger partial charge in [0.15, 0.2) is 0 Å². The Balaban J connectivity index is 1.74. The van der Waals surface area contributed by atoms with E-state index in [1.807, 2.05) is 32.0 Å². The molecule has 5 nitrogen and oxygen atoms in total. The van der Waals surface area contributed by atoms with Crippen molar-refractivity contribution >= 4 is 22.3 Å². The van der Waals surface area contributed by atoms with E-state index in [0.717, 1.165) is 28.5 Å². The molecule has 1 fully saturated rings. The second kappa shape index (κ2) is 9.33. The van der Waals surface area contributed by atoms with Gasteiger partial charge in [0.1, 0.15) is 11.6 Å². The summed E-state index contributed by atoms with van der Waals surface area (Å²) in [6.07, 6.45) is -1.60. The zero-order chi connectivity index (χ0) is 24.6. The molecule has 34 heavy (non-hydrogen) atoms. The number of alkyl halides is 2. The van der Waals surface area contributed by atoms with Gasteiger partial charge < -0.3 is 20.1 Å². The molecule has 0 aliphatic carbocycles. The first-order valence-electron chi connectivity index (χ1n) is 11.4. The minimum Gasteiger partial charge on any atom is -0.495 e. The van der Waals surface area contributed by atoms with Crippen molar-refractivity contribution in [2.24, 2.45) is 0 Å². The van der Waals surface area contributed by atoms with Crippen molar-refractivity contribution in [1.29, 1.82) is 0 Å². The lowest BCUT2D eigenvalue weighted by Crippen LogP contribution is -2.42. The molecule has 182 valence electrons. The molecule has 8 heteroatoms. The summed E-state index contributed by atoms with van der Waals surface area (Å²) in [4.78, 5) is 6.81. The number of methoxy groups -OCH3 is 1. The van der Waals surface area contributed by atoms with E-state index in [1.54, 1.807) is 14.0 Å². The zero-order valence-electron chi connectivity index (χ0n) is 19.8. The van der Waals surface area contributed by atoms with E-state index in [4.69, 9.17) is 4.74 Å². The monoisotopic (exact) mass is 473 g/mol. The lowest BCUT2D eigenvalue weighted by Gasteiger charge is -2.37. The molecule has 0 spiro atoms. The van der Waals surface area contributed by atoms with Crippen LogP contribution < -0.4 is 15.0 Å². The van der Waals surface area contributed by atoms with Crippen LogP contribution in [0.4, 0.5) is 24.5 Å². The minimum atomic E-state index is -2.88. The van der Waals surface area contributed by atoms with Gasteiger partial charge in [0.25, 0.3) is 6.43 Å². The largest absolute Gasteiger partial charge is 0.495 e. The molecule has 4 rings (SSSR count). The number of aliphatic hydroxyl groups is 1. The molecular weight excluding hydrogens is 443 g/mol. The molecular formula is C26H30F3N3O2. The first kappa shape index (κ1) is 24.1. The summed E-state index contributed by atoms with van der Waals surface area (Å²) in [6, 6.07) is 9.24. The van der Waals surface area contributed by atoms with Crippen molar-refractivity contribution in [1.82, 2.24) is 4.98 Å². The van der Waals surface area contributed by atoms with Crippen molar-refractivity contribution in [3.63, 3.8) is 0 Å². The average molecular weight is 474 g/mol. The van der Waals surface area contributed by atoms with Crippen LogP contribution in [-0.4, -0.2) is 35.9 Å². The second-order valence-electron chi connectivity index (χ2n) is 9.25. The van der Waals surface area contributed by atoms with E-state index < -0.39 is 29.4 Å². The van der Waals surface area contributed by atoms with E-state index >= 15 is 0 Å². The Hall–Kier alpha value is -3.00. The fourth-order valence-corrected chi connectivity index (χ4v) is 4.52. The number of nitrogens with zero attached hydrogens (tertiary/aromatic N) is 2. The molecule has 1 saturated heterocycles. The van der Waals surface area contributed by atoms with Crippen molar-refractivity contribution in [3.8, 4) is 5.75 Å². The molecule has 1 atom stereocenters. The van der Waals surface area contributed by atoms with E-state index in [1.165, 1.54) is 12.1 Å². The van der Waals surface area contributed by atoms with Crippen LogP contribution in [0.2, 0.25) is 0 Å². The van der Waals surface area contributed by atoms with Gasteiger partial charge in [0.05, 0.1) is 35.5 Å². The number of hydrogen-bond donors (Lipinski definition) is 2. The Bertz CT molecular complexity index is 1190. The summed E-state index contributed by atoms with van der Waals surface area (Å²) in [5.74, 6) is -0.211. The van der Waals surface area contributed by atoms with Crippen LogP contribution in [0.15, 0.2) is 36.4 Å². The van der Waals surface area contributed by atoms with Gasteiger partial charge in [0, 0.05) is 41.5 Å². The number of aromatic nitrogens is 1. The SMILES string of the molecule is COc1cc2nc(C)cc(NC(C)c3cccc(C(F)F)c3F)c2cc1N1CCC(C)(O)CC1. The standard InChI is InChI=1S/C26H30F3N3O2/c1-15-12-20(31-16(2)17-6-5-7-18(24(17)27)25(28)29)19-13-22(23(34-4)14-21(19)30-15)32-10-8-26(3,33)9-11-32/h5-7,12-14,16,25,33H,8-11H2,1-4H3,(H,30,31). The molecule has 1 unspecified atom stereocenters. The predicted molar refractivity (Wildman–Crippen MR) is 128 cm³/mol. The molecule has 0 saturated carbocycles. The molecule has 2 N–H and O–H groups in total. The number of anilines is 2. The first-order chi connectivity index (χ1) is 16.1. The van der Waals surface area contributed by atoms with E-state index in [0.29, 0.717) is 37.2 Å². The van der Waals surface area contributed by atoms with Gasteiger partial charge in [-0.1, -0.05) is 18.2 Å². The summed E-state index contributed by atoms with van der Waals surface area (Å²) in [6.45, 7) is 6.81. The van der Waals surface area contributed by atoms with Crippen molar-refractivity contribution in [2.45, 2.75) is 51.7 Å². The fourth-order valence-electron chi connectivity index (χ4n) is 4.52. The summed E-state index contributed by atoms with van der Waals surface area (Å²) < 4.78 is 46.8. The van der Waals surface area contributed by atoms with Gasteiger partial charge in [-0.05, 0) is 45.7 Å². The highest BCUT2D eigenvalue weighted by molar-refractivity contribution is 5.96. The van der Waals surface area contributed by atoms with Crippen molar-refractivity contribution in [2.75, 3.05) is 30.4 Å². The number of fused-ring (bicyclic) bond motifs is 1. The smallest absolute Gasteiger partial charge is 0.266 e. The first-order valence-corrected chi connectivity index (χ1v) is 11.4. The Labute approximate surface area is 197 Å². The van der Waals surface area contributed by atoms with Crippen LogP contribution in [-0.2, 0) is 0 Å². The number of nitrogens with one attached hydrogen (secondary N) is 1. The molecule has 0 radical (unpaired) electrons. The molecule has 1 aliphatic heterocycles. The molecule has 1 aliphatic rings. The highest BCUT2D eigenvalue weighted by Gasteiger charge is 2.29. The fraction of sp³-hybridized carbons (Fsp3) is 0.423. The van der Waals surface area contributed by atoms with Gasteiger partial charge in [-0.25, -0.2) is 13.2 Å². The molecule has 3 aromatic rings. The van der Waals surface area contributed by atoms with E-state index in [-0.39, 0.29) is 5.56 Å². The van der Waals surface area contributed by atoms with E-state index in [9.17, 15) is 18.3 Å². The lowest BCUT2D eigenvalue weighted by atomic mass is 9.93. The number of benzene rings is 2. The second-order valence-corrected chi connectivity index (χ2v) is 9.25. The van der Waals surface area contributed by atoms with Crippen LogP contribution in [0, 0.1) is 12.7 Å². The lowest BCUT2D eigenvalue weighted by molar-refractivity contribution is 0.0350. The third-order valence-corrected chi connectivity index (χ3v) is 6.55. The van der Waals surface area contributed by atoms with Crippen LogP contribution in [0.1, 0.15) is 56.0 Å². The molecule has 2 heterocycles. The van der Waals surface area contributed by atoms with Crippen LogP contribution in [0.5, 0.6) is 5.75 Å². The van der Waals surface area contributed by atoms with Gasteiger partial charge >= 0.3 is 0 Å². The third kappa shape index (κ3) is 4.78. The topological polar surface area (TPSA) is 57.6 Å². The third-order valence-electron chi connectivity index (χ3n) is 6.55. The van der Waals surface area contributed by atoms with Crippen LogP contribution >= 0.6 is 0 Å². The predicted octanol–water partition coefficient (Wildman–Crippen LogP) is 6.15. The Morgan fingerprint density at radius 2 is 1.82 bits per heavy atom. The maximum atomic E-state index is 14.8. The van der Waals surface area contributed by atoms with Gasteiger partial charge in [-0.15, -0.1) is 0 Å². The zero-order valence-corrected chi connectivity index (χ0v) is 19.8. The molecule has 2 aromatic carbocycles. The Morgan fingerprint density at radius 1 is 1.15 bits per heavy atom. The number of piperidine rings is 1. The van der Waals surface area contributed by atoms with Gasteiger partial charge in [-0.2, -0.15) is 0 Å². The average Bonchev–Trinajstić information content (AvgIpc) is 2.78. The maximum absolute atomic E-state index is 14.8. The summed E-state index contributed by atoms with van der Waals surface area (Å²) in [5, 5.41) is 14.5. The highest BCUT2D eigenvalue weighted by Crippen LogP contribution is 2.39. The van der Waals surface area contributed by atoms with Gasteiger partial charge in [0.2, 0.25) is 0 Å². The quantitative estimate of drug-likeness (QED) is 0.450. The summed E-state index contributed by atoms with van der Waals surface area (Å²) in [5.41, 5.74) is 1.97. The van der Waals surface area contributed by atoms with Crippen molar-refractivity contribution in [3.05, 3.63) is 59.0 Å². The Morgan fingerprint density at radius 3 is 2.47 bits per heavy atom. The van der Waals surface area contributed by atoms with Crippen LogP contribution in [0.3, 0.4) is 0 Å². The summed E-state index contributed by atoms with van der Waals surface area (Å²) >= 11 is 0. The maximum Gasteiger partial charge on any atom is 0.266 e. The number of pyridine rings is 1. The number of rotatable bonds is 6.